The van der Waals surface area contributed by atoms with Gasteiger partial charge in [0.15, 0.2) is 5.82 Å². The maximum Gasteiger partial charge on any atom is 0.271 e. The van der Waals surface area contributed by atoms with Gasteiger partial charge in [-0.2, -0.15) is 0 Å². The number of hydrogen-bond acceptors (Lipinski definition) is 4. The highest BCUT2D eigenvalue weighted by Gasteiger charge is 2.15. The number of H-pyrrole nitrogens is 1. The van der Waals surface area contributed by atoms with Crippen LogP contribution in [0.5, 0.6) is 0 Å². The number of nitrogens with one attached hydrogen (secondary N) is 2. The van der Waals surface area contributed by atoms with Crippen LogP contribution >= 0.6 is 11.6 Å². The third-order valence-corrected chi connectivity index (χ3v) is 2.75. The minimum atomic E-state index is -0.338. The van der Waals surface area contributed by atoms with Crippen LogP contribution in [0, 0.1) is 5.92 Å². The zero-order valence-electron chi connectivity index (χ0n) is 9.46. The van der Waals surface area contributed by atoms with Crippen molar-refractivity contribution in [3.8, 4) is 0 Å². The van der Waals surface area contributed by atoms with Crippen molar-refractivity contribution >= 4 is 17.4 Å². The zero-order valence-corrected chi connectivity index (χ0v) is 10.2. The van der Waals surface area contributed by atoms with Gasteiger partial charge in [0.1, 0.15) is 5.02 Å². The third-order valence-electron chi connectivity index (χ3n) is 2.40. The number of anilines is 1. The Balaban J connectivity index is 2.85. The molecule has 0 aliphatic rings. The number of rotatable bonds is 5. The number of hydrogen-bond donors (Lipinski definition) is 3. The Morgan fingerprint density at radius 3 is 2.88 bits per heavy atom. The van der Waals surface area contributed by atoms with Crippen molar-refractivity contribution < 1.29 is 0 Å². The summed E-state index contributed by atoms with van der Waals surface area (Å²) in [6.45, 7) is 4.74. The molecule has 0 saturated carbocycles. The molecular formula is C10H17ClN4O. The lowest BCUT2D eigenvalue weighted by Gasteiger charge is -2.22. The molecule has 4 N–H and O–H groups in total. The lowest BCUT2D eigenvalue weighted by Crippen LogP contribution is -2.29. The van der Waals surface area contributed by atoms with Crippen molar-refractivity contribution in [2.24, 2.45) is 11.7 Å². The minimum absolute atomic E-state index is 0.0881. The van der Waals surface area contributed by atoms with Crippen LogP contribution in [0.15, 0.2) is 11.1 Å². The van der Waals surface area contributed by atoms with Gasteiger partial charge in [0.2, 0.25) is 0 Å². The van der Waals surface area contributed by atoms with E-state index in [9.17, 15) is 4.79 Å². The number of nitrogens with zero attached hydrogens (tertiary/aromatic N) is 1. The minimum Gasteiger partial charge on any atom is -0.366 e. The van der Waals surface area contributed by atoms with Gasteiger partial charge in [-0.25, -0.2) is 4.98 Å². The summed E-state index contributed by atoms with van der Waals surface area (Å²) in [5.74, 6) is 0.804. The van der Waals surface area contributed by atoms with Gasteiger partial charge in [-0.05, 0) is 18.9 Å². The van der Waals surface area contributed by atoms with Gasteiger partial charge in [0, 0.05) is 6.04 Å². The highest BCUT2D eigenvalue weighted by Crippen LogP contribution is 2.17. The average molecular weight is 245 g/mol. The van der Waals surface area contributed by atoms with Crippen LogP contribution in [0.2, 0.25) is 5.02 Å². The van der Waals surface area contributed by atoms with Gasteiger partial charge in [-0.15, -0.1) is 0 Å². The largest absolute Gasteiger partial charge is 0.366 e. The Labute approximate surface area is 99.4 Å². The highest BCUT2D eigenvalue weighted by atomic mass is 35.5. The van der Waals surface area contributed by atoms with Gasteiger partial charge in [-0.1, -0.05) is 25.4 Å². The van der Waals surface area contributed by atoms with E-state index in [1.165, 1.54) is 6.33 Å². The van der Waals surface area contributed by atoms with Crippen molar-refractivity contribution in [2.75, 3.05) is 11.9 Å². The molecule has 1 heterocycles. The maximum absolute atomic E-state index is 11.3. The normalized spacial score (nSPS) is 12.8. The molecule has 0 aliphatic heterocycles. The summed E-state index contributed by atoms with van der Waals surface area (Å²) >= 11 is 5.84. The molecule has 0 aliphatic carbocycles. The summed E-state index contributed by atoms with van der Waals surface area (Å²) in [6.07, 6.45) is 2.14. The van der Waals surface area contributed by atoms with Gasteiger partial charge in [0.05, 0.1) is 6.33 Å². The van der Waals surface area contributed by atoms with Crippen LogP contribution in [0.1, 0.15) is 20.3 Å². The van der Waals surface area contributed by atoms with Crippen LogP contribution < -0.4 is 16.6 Å². The number of halogens is 1. The Morgan fingerprint density at radius 2 is 2.31 bits per heavy atom. The molecule has 0 aromatic carbocycles. The molecule has 1 unspecified atom stereocenters. The van der Waals surface area contributed by atoms with E-state index in [0.717, 1.165) is 6.42 Å². The number of aromatic amines is 1. The quantitative estimate of drug-likeness (QED) is 0.727. The predicted octanol–water partition coefficient (Wildman–Crippen LogP) is 1.21. The Hall–Kier alpha value is -1.07. The van der Waals surface area contributed by atoms with Crippen molar-refractivity contribution in [1.82, 2.24) is 9.97 Å². The fourth-order valence-electron chi connectivity index (χ4n) is 1.41. The maximum atomic E-state index is 11.3. The smallest absolute Gasteiger partial charge is 0.271 e. The molecule has 0 fully saturated rings. The van der Waals surface area contributed by atoms with E-state index < -0.39 is 0 Å². The number of aromatic nitrogens is 2. The van der Waals surface area contributed by atoms with E-state index in [0.29, 0.717) is 18.3 Å². The summed E-state index contributed by atoms with van der Waals surface area (Å²) in [6, 6.07) is 0.164. The first-order chi connectivity index (χ1) is 7.56. The first kappa shape index (κ1) is 13.0. The first-order valence-corrected chi connectivity index (χ1v) is 5.63. The first-order valence-electron chi connectivity index (χ1n) is 5.26. The van der Waals surface area contributed by atoms with Crippen molar-refractivity contribution in [3.63, 3.8) is 0 Å². The van der Waals surface area contributed by atoms with Gasteiger partial charge >= 0.3 is 0 Å². The molecule has 0 amide bonds. The molecular weight excluding hydrogens is 228 g/mol. The second-order valence-electron chi connectivity index (χ2n) is 3.97. The molecule has 0 bridgehead atoms. The van der Waals surface area contributed by atoms with Crippen LogP contribution in [-0.2, 0) is 0 Å². The molecule has 6 heteroatoms. The second-order valence-corrected chi connectivity index (χ2v) is 4.34. The molecule has 16 heavy (non-hydrogen) atoms. The fourth-order valence-corrected chi connectivity index (χ4v) is 1.57. The van der Waals surface area contributed by atoms with Gasteiger partial charge in [0.25, 0.3) is 5.56 Å². The molecule has 0 saturated heterocycles. The molecule has 5 nitrogen and oxygen atoms in total. The summed E-state index contributed by atoms with van der Waals surface area (Å²) in [4.78, 5) is 17.7. The fraction of sp³-hybridized carbons (Fsp3) is 0.600. The average Bonchev–Trinajstić information content (AvgIpc) is 2.23. The van der Waals surface area contributed by atoms with Gasteiger partial charge < -0.3 is 16.0 Å². The monoisotopic (exact) mass is 244 g/mol. The lowest BCUT2D eigenvalue weighted by atomic mass is 10.0. The van der Waals surface area contributed by atoms with Crippen molar-refractivity contribution in [2.45, 2.75) is 26.3 Å². The molecule has 90 valence electrons. The summed E-state index contributed by atoms with van der Waals surface area (Å²) in [7, 11) is 0. The van der Waals surface area contributed by atoms with Crippen molar-refractivity contribution in [1.29, 1.82) is 0 Å². The molecule has 1 rings (SSSR count). The van der Waals surface area contributed by atoms with Crippen LogP contribution in [0.3, 0.4) is 0 Å². The van der Waals surface area contributed by atoms with E-state index in [1.54, 1.807) is 0 Å². The SMILES string of the molecule is CC(C)C(CCN)Nc1nc[nH]c(=O)c1Cl. The molecule has 0 spiro atoms. The zero-order chi connectivity index (χ0) is 12.1. The lowest BCUT2D eigenvalue weighted by molar-refractivity contribution is 0.497. The Bertz CT molecular complexity index is 391. The van der Waals surface area contributed by atoms with E-state index >= 15 is 0 Å². The molecule has 1 aromatic heterocycles. The van der Waals surface area contributed by atoms with E-state index in [2.05, 4.69) is 29.1 Å². The van der Waals surface area contributed by atoms with Gasteiger partial charge in [-0.3, -0.25) is 4.79 Å². The van der Waals surface area contributed by atoms with Crippen LogP contribution in [0.25, 0.3) is 0 Å². The number of nitrogens with two attached hydrogens (primary N) is 1. The van der Waals surface area contributed by atoms with E-state index in [-0.39, 0.29) is 16.6 Å². The molecule has 0 radical (unpaired) electrons. The summed E-state index contributed by atoms with van der Waals surface area (Å²) in [5, 5.41) is 3.23. The van der Waals surface area contributed by atoms with E-state index in [1.807, 2.05) is 0 Å². The highest BCUT2D eigenvalue weighted by molar-refractivity contribution is 6.32. The van der Waals surface area contributed by atoms with Crippen LogP contribution in [0.4, 0.5) is 5.82 Å². The third kappa shape index (κ3) is 3.21. The summed E-state index contributed by atoms with van der Waals surface area (Å²) < 4.78 is 0. The standard InChI is InChI=1S/C10H17ClN4O/c1-6(2)7(3-4-12)15-9-8(11)10(16)14-5-13-9/h5-7H,3-4,12H2,1-2H3,(H2,13,14,15,16). The predicted molar refractivity (Wildman–Crippen MR) is 65.8 cm³/mol. The second kappa shape index (κ2) is 5.86. The van der Waals surface area contributed by atoms with E-state index in [4.69, 9.17) is 17.3 Å². The Kier molecular flexibility index (Phi) is 4.76. The molecule has 1 aromatic rings. The van der Waals surface area contributed by atoms with Crippen LogP contribution in [-0.4, -0.2) is 22.6 Å². The molecule has 1 atom stereocenters. The van der Waals surface area contributed by atoms with Crippen molar-refractivity contribution in [3.05, 3.63) is 21.7 Å². The summed E-state index contributed by atoms with van der Waals surface area (Å²) in [5.41, 5.74) is 5.19. The topological polar surface area (TPSA) is 83.8 Å². The Morgan fingerprint density at radius 1 is 1.62 bits per heavy atom.